The van der Waals surface area contributed by atoms with Gasteiger partial charge < -0.3 is 9.64 Å². The van der Waals surface area contributed by atoms with Crippen molar-refractivity contribution in [1.82, 2.24) is 4.90 Å². The molecule has 0 radical (unpaired) electrons. The van der Waals surface area contributed by atoms with Crippen LogP contribution >= 0.6 is 0 Å². The summed E-state index contributed by atoms with van der Waals surface area (Å²) in [5, 5.41) is 2.24. The van der Waals surface area contributed by atoms with Crippen LogP contribution in [0.25, 0.3) is 10.8 Å². The number of carbonyl (C=O) groups is 1. The minimum Gasteiger partial charge on any atom is -0.410 e. The lowest BCUT2D eigenvalue weighted by molar-refractivity contribution is 0.142. The first-order chi connectivity index (χ1) is 9.33. The lowest BCUT2D eigenvalue weighted by Crippen LogP contribution is -2.37. The Kier molecular flexibility index (Phi) is 3.36. The third-order valence-electron chi connectivity index (χ3n) is 3.54. The maximum Gasteiger partial charge on any atom is 0.415 e. The highest BCUT2D eigenvalue weighted by molar-refractivity contribution is 5.84. The summed E-state index contributed by atoms with van der Waals surface area (Å²) in [5.41, 5.74) is 0. The molecule has 1 aliphatic rings. The number of carbonyl (C=O) groups excluding carboxylic acids is 1. The molecule has 0 saturated carbocycles. The second-order valence-corrected chi connectivity index (χ2v) is 4.92. The van der Waals surface area contributed by atoms with Gasteiger partial charge in [-0.25, -0.2) is 4.79 Å². The Labute approximate surface area is 112 Å². The molecule has 1 amide bonds. The standard InChI is InChI=1S/C16H17NO2/c18-16(17-10-4-1-5-11-17)19-15-9-8-13-6-2-3-7-14(13)12-15/h2-3,6-9,12H,1,4-5,10-11H2. The summed E-state index contributed by atoms with van der Waals surface area (Å²) in [6.07, 6.45) is 3.13. The van der Waals surface area contributed by atoms with Gasteiger partial charge in [-0.3, -0.25) is 0 Å². The maximum atomic E-state index is 12.0. The first-order valence-corrected chi connectivity index (χ1v) is 6.78. The van der Waals surface area contributed by atoms with Crippen molar-refractivity contribution in [2.24, 2.45) is 0 Å². The van der Waals surface area contributed by atoms with Crippen LogP contribution in [0.5, 0.6) is 5.75 Å². The van der Waals surface area contributed by atoms with E-state index in [1.165, 1.54) is 6.42 Å². The van der Waals surface area contributed by atoms with Crippen LogP contribution in [-0.4, -0.2) is 24.1 Å². The molecule has 1 aliphatic heterocycles. The Morgan fingerprint density at radius 1 is 0.947 bits per heavy atom. The number of ether oxygens (including phenoxy) is 1. The van der Waals surface area contributed by atoms with E-state index in [4.69, 9.17) is 4.74 Å². The van der Waals surface area contributed by atoms with Crippen LogP contribution in [0, 0.1) is 0 Å². The van der Waals surface area contributed by atoms with Crippen LogP contribution in [0.2, 0.25) is 0 Å². The van der Waals surface area contributed by atoms with Crippen molar-refractivity contribution < 1.29 is 9.53 Å². The van der Waals surface area contributed by atoms with Gasteiger partial charge in [-0.15, -0.1) is 0 Å². The lowest BCUT2D eigenvalue weighted by Gasteiger charge is -2.25. The van der Waals surface area contributed by atoms with E-state index < -0.39 is 0 Å². The van der Waals surface area contributed by atoms with E-state index >= 15 is 0 Å². The van der Waals surface area contributed by atoms with Crippen molar-refractivity contribution in [2.75, 3.05) is 13.1 Å². The van der Waals surface area contributed by atoms with E-state index in [0.29, 0.717) is 5.75 Å². The third kappa shape index (κ3) is 2.70. The molecule has 1 heterocycles. The number of hydrogen-bond donors (Lipinski definition) is 0. The number of benzene rings is 2. The number of fused-ring (bicyclic) bond motifs is 1. The van der Waals surface area contributed by atoms with Gasteiger partial charge in [0.2, 0.25) is 0 Å². The molecule has 0 aliphatic carbocycles. The third-order valence-corrected chi connectivity index (χ3v) is 3.54. The molecule has 3 nitrogen and oxygen atoms in total. The number of amides is 1. The number of hydrogen-bond acceptors (Lipinski definition) is 2. The van der Waals surface area contributed by atoms with E-state index in [2.05, 4.69) is 0 Å². The Hall–Kier alpha value is -2.03. The first kappa shape index (κ1) is 12.0. The van der Waals surface area contributed by atoms with E-state index in [1.807, 2.05) is 42.5 Å². The summed E-state index contributed by atoms with van der Waals surface area (Å²) in [5.74, 6) is 0.620. The minimum atomic E-state index is -0.227. The lowest BCUT2D eigenvalue weighted by atomic mass is 10.1. The molecule has 3 rings (SSSR count). The van der Waals surface area contributed by atoms with Crippen molar-refractivity contribution >= 4 is 16.9 Å². The molecule has 1 saturated heterocycles. The van der Waals surface area contributed by atoms with E-state index in [0.717, 1.165) is 36.7 Å². The summed E-state index contributed by atoms with van der Waals surface area (Å²) in [4.78, 5) is 13.8. The van der Waals surface area contributed by atoms with Gasteiger partial charge in [0.25, 0.3) is 0 Å². The Balaban J connectivity index is 1.75. The quantitative estimate of drug-likeness (QED) is 0.775. The summed E-state index contributed by atoms with van der Waals surface area (Å²) in [6, 6.07) is 13.8. The monoisotopic (exact) mass is 255 g/mol. The van der Waals surface area contributed by atoms with Gasteiger partial charge in [0, 0.05) is 13.1 Å². The molecule has 0 bridgehead atoms. The van der Waals surface area contributed by atoms with Crippen molar-refractivity contribution in [2.45, 2.75) is 19.3 Å². The fourth-order valence-electron chi connectivity index (χ4n) is 2.47. The van der Waals surface area contributed by atoms with Gasteiger partial charge in [0.1, 0.15) is 5.75 Å². The Morgan fingerprint density at radius 3 is 2.47 bits per heavy atom. The summed E-state index contributed by atoms with van der Waals surface area (Å²) >= 11 is 0. The summed E-state index contributed by atoms with van der Waals surface area (Å²) in [6.45, 7) is 1.62. The smallest absolute Gasteiger partial charge is 0.410 e. The fraction of sp³-hybridized carbons (Fsp3) is 0.312. The number of likely N-dealkylation sites (tertiary alicyclic amines) is 1. The molecular weight excluding hydrogens is 238 g/mol. The SMILES string of the molecule is O=C(Oc1ccc2ccccc2c1)N1CCCCC1. The fourth-order valence-corrected chi connectivity index (χ4v) is 2.47. The van der Waals surface area contributed by atoms with Crippen LogP contribution < -0.4 is 4.74 Å². The zero-order valence-corrected chi connectivity index (χ0v) is 10.8. The predicted molar refractivity (Wildman–Crippen MR) is 75.4 cm³/mol. The molecule has 0 atom stereocenters. The Bertz CT molecular complexity index is 588. The summed E-state index contributed by atoms with van der Waals surface area (Å²) in [7, 11) is 0. The molecule has 1 fully saturated rings. The number of piperidine rings is 1. The molecule has 2 aromatic rings. The molecule has 0 spiro atoms. The van der Waals surface area contributed by atoms with Crippen LogP contribution in [0.15, 0.2) is 42.5 Å². The normalized spacial score (nSPS) is 15.5. The largest absolute Gasteiger partial charge is 0.415 e. The topological polar surface area (TPSA) is 29.5 Å². The minimum absolute atomic E-state index is 0.227. The number of rotatable bonds is 1. The molecule has 0 N–H and O–H groups in total. The molecular formula is C16H17NO2. The number of nitrogens with zero attached hydrogens (tertiary/aromatic N) is 1. The van der Waals surface area contributed by atoms with Crippen molar-refractivity contribution in [3.8, 4) is 5.75 Å². The van der Waals surface area contributed by atoms with Gasteiger partial charge >= 0.3 is 6.09 Å². The Morgan fingerprint density at radius 2 is 1.68 bits per heavy atom. The van der Waals surface area contributed by atoms with Crippen molar-refractivity contribution in [1.29, 1.82) is 0 Å². The second-order valence-electron chi connectivity index (χ2n) is 4.92. The maximum absolute atomic E-state index is 12.0. The zero-order valence-electron chi connectivity index (χ0n) is 10.8. The highest BCUT2D eigenvalue weighted by Gasteiger charge is 2.18. The molecule has 2 aromatic carbocycles. The van der Waals surface area contributed by atoms with Crippen LogP contribution in [0.4, 0.5) is 4.79 Å². The average Bonchev–Trinajstić information content (AvgIpc) is 2.48. The highest BCUT2D eigenvalue weighted by Crippen LogP contribution is 2.21. The highest BCUT2D eigenvalue weighted by atomic mass is 16.6. The first-order valence-electron chi connectivity index (χ1n) is 6.78. The van der Waals surface area contributed by atoms with Crippen LogP contribution in [0.3, 0.4) is 0 Å². The average molecular weight is 255 g/mol. The van der Waals surface area contributed by atoms with Gasteiger partial charge in [0.15, 0.2) is 0 Å². The second kappa shape index (κ2) is 5.31. The molecule has 0 aromatic heterocycles. The van der Waals surface area contributed by atoms with Crippen molar-refractivity contribution in [3.63, 3.8) is 0 Å². The predicted octanol–water partition coefficient (Wildman–Crippen LogP) is 3.82. The van der Waals surface area contributed by atoms with Gasteiger partial charge in [-0.2, -0.15) is 0 Å². The van der Waals surface area contributed by atoms with Crippen LogP contribution in [0.1, 0.15) is 19.3 Å². The molecule has 3 heteroatoms. The van der Waals surface area contributed by atoms with E-state index in [9.17, 15) is 4.79 Å². The van der Waals surface area contributed by atoms with Gasteiger partial charge in [-0.05, 0) is 42.2 Å². The molecule has 19 heavy (non-hydrogen) atoms. The van der Waals surface area contributed by atoms with E-state index in [1.54, 1.807) is 4.90 Å². The summed E-state index contributed by atoms with van der Waals surface area (Å²) < 4.78 is 5.45. The molecule has 98 valence electrons. The van der Waals surface area contributed by atoms with Gasteiger partial charge in [0.05, 0.1) is 0 Å². The van der Waals surface area contributed by atoms with Gasteiger partial charge in [-0.1, -0.05) is 30.3 Å². The van der Waals surface area contributed by atoms with Crippen LogP contribution in [-0.2, 0) is 0 Å². The zero-order chi connectivity index (χ0) is 13.1. The van der Waals surface area contributed by atoms with Crippen molar-refractivity contribution in [3.05, 3.63) is 42.5 Å². The van der Waals surface area contributed by atoms with E-state index in [-0.39, 0.29) is 6.09 Å². The molecule has 0 unspecified atom stereocenters.